The molecule has 3 N–H and O–H groups in total. The minimum atomic E-state index is -0.317. The first-order valence-corrected chi connectivity index (χ1v) is 8.75. The van der Waals surface area contributed by atoms with Crippen LogP contribution in [0.1, 0.15) is 16.1 Å². The molecule has 27 heavy (non-hydrogen) atoms. The number of nitrogens with zero attached hydrogens (tertiary/aromatic N) is 1. The highest BCUT2D eigenvalue weighted by molar-refractivity contribution is 6.31. The van der Waals surface area contributed by atoms with E-state index in [1.165, 1.54) is 0 Å². The smallest absolute Gasteiger partial charge is 0.273 e. The third kappa shape index (κ3) is 3.25. The highest BCUT2D eigenvalue weighted by atomic mass is 35.5. The molecule has 134 valence electrons. The lowest BCUT2D eigenvalue weighted by molar-refractivity contribution is 0.102. The molecule has 1 heterocycles. The Morgan fingerprint density at radius 2 is 1.89 bits per heavy atom. The van der Waals surface area contributed by atoms with Crippen molar-refractivity contribution < 1.29 is 9.90 Å². The van der Waals surface area contributed by atoms with Crippen molar-refractivity contribution in [3.8, 4) is 17.0 Å². The maximum Gasteiger partial charge on any atom is 0.273 e. The number of phenolic OH excluding ortho intramolecular Hbond substituents is 1. The Kier molecular flexibility index (Phi) is 4.30. The summed E-state index contributed by atoms with van der Waals surface area (Å²) in [4.78, 5) is 12.6. The van der Waals surface area contributed by atoms with Crippen LogP contribution in [0, 0.1) is 6.92 Å². The number of aromatic hydroxyl groups is 1. The van der Waals surface area contributed by atoms with E-state index in [0.717, 1.165) is 22.0 Å². The SMILES string of the molecule is Cc1cc(O)c(-c2cc(C(=O)Nc3cccc4ccccc34)[nH]n2)cc1Cl. The molecule has 3 aromatic carbocycles. The lowest BCUT2D eigenvalue weighted by Gasteiger charge is -2.07. The molecular weight excluding hydrogens is 362 g/mol. The second-order valence-corrected chi connectivity index (χ2v) is 6.67. The van der Waals surface area contributed by atoms with Gasteiger partial charge in [0.05, 0.1) is 5.69 Å². The molecule has 4 rings (SSSR count). The molecule has 0 fully saturated rings. The number of halogens is 1. The van der Waals surface area contributed by atoms with Crippen molar-refractivity contribution in [3.63, 3.8) is 0 Å². The number of aromatic amines is 1. The van der Waals surface area contributed by atoms with Crippen LogP contribution < -0.4 is 5.32 Å². The molecule has 0 aliphatic heterocycles. The predicted octanol–water partition coefficient (Wildman–Crippen LogP) is 5.15. The van der Waals surface area contributed by atoms with Gasteiger partial charge in [-0.2, -0.15) is 5.10 Å². The first kappa shape index (κ1) is 17.1. The molecule has 0 spiro atoms. The maximum atomic E-state index is 12.6. The van der Waals surface area contributed by atoms with E-state index in [-0.39, 0.29) is 17.4 Å². The van der Waals surface area contributed by atoms with Gasteiger partial charge in [-0.25, -0.2) is 0 Å². The summed E-state index contributed by atoms with van der Waals surface area (Å²) in [6.45, 7) is 1.80. The zero-order valence-corrected chi connectivity index (χ0v) is 15.2. The Labute approximate surface area is 160 Å². The minimum Gasteiger partial charge on any atom is -0.507 e. The minimum absolute atomic E-state index is 0.0596. The molecular formula is C21H16ClN3O2. The highest BCUT2D eigenvalue weighted by Gasteiger charge is 2.15. The molecule has 0 aliphatic rings. The number of benzene rings is 3. The van der Waals surface area contributed by atoms with E-state index in [4.69, 9.17) is 11.6 Å². The van der Waals surface area contributed by atoms with Gasteiger partial charge >= 0.3 is 0 Å². The first-order valence-electron chi connectivity index (χ1n) is 8.37. The topological polar surface area (TPSA) is 78.0 Å². The number of anilines is 1. The van der Waals surface area contributed by atoms with Crippen molar-refractivity contribution in [3.05, 3.63) is 76.9 Å². The monoisotopic (exact) mass is 377 g/mol. The van der Waals surface area contributed by atoms with E-state index in [1.807, 2.05) is 42.5 Å². The van der Waals surface area contributed by atoms with Gasteiger partial charge in [0.25, 0.3) is 5.91 Å². The van der Waals surface area contributed by atoms with Gasteiger partial charge in [-0.05, 0) is 42.1 Å². The van der Waals surface area contributed by atoms with Crippen LogP contribution in [0.3, 0.4) is 0 Å². The average Bonchev–Trinajstić information content (AvgIpc) is 3.15. The molecule has 0 radical (unpaired) electrons. The lowest BCUT2D eigenvalue weighted by Crippen LogP contribution is -2.12. The maximum absolute atomic E-state index is 12.6. The standard InChI is InChI=1S/C21H16ClN3O2/c1-12-9-20(26)15(10-16(12)22)18-11-19(25-24-18)21(27)23-17-8-4-6-13-5-2-3-7-14(13)17/h2-11,26H,1H3,(H,23,27)(H,24,25). The van der Waals surface area contributed by atoms with Crippen molar-refractivity contribution in [1.82, 2.24) is 10.2 Å². The van der Waals surface area contributed by atoms with Gasteiger partial charge in [-0.15, -0.1) is 0 Å². The number of fused-ring (bicyclic) bond motifs is 1. The van der Waals surface area contributed by atoms with E-state index in [0.29, 0.717) is 16.3 Å². The van der Waals surface area contributed by atoms with Gasteiger partial charge in [0.1, 0.15) is 11.4 Å². The Balaban J connectivity index is 1.64. The molecule has 0 aliphatic carbocycles. The van der Waals surface area contributed by atoms with E-state index in [2.05, 4.69) is 15.5 Å². The second-order valence-electron chi connectivity index (χ2n) is 6.27. The molecule has 0 saturated heterocycles. The fourth-order valence-corrected chi connectivity index (χ4v) is 3.14. The Morgan fingerprint density at radius 3 is 2.74 bits per heavy atom. The van der Waals surface area contributed by atoms with Gasteiger partial charge in [-0.1, -0.05) is 48.0 Å². The van der Waals surface area contributed by atoms with Crippen LogP contribution in [0.15, 0.2) is 60.7 Å². The van der Waals surface area contributed by atoms with Crippen molar-refractivity contribution in [2.24, 2.45) is 0 Å². The Morgan fingerprint density at radius 1 is 1.11 bits per heavy atom. The number of amides is 1. The largest absolute Gasteiger partial charge is 0.507 e. The number of aromatic nitrogens is 2. The number of H-pyrrole nitrogens is 1. The van der Waals surface area contributed by atoms with Gasteiger partial charge in [0, 0.05) is 21.7 Å². The Bertz CT molecular complexity index is 1160. The van der Waals surface area contributed by atoms with Crippen molar-refractivity contribution in [1.29, 1.82) is 0 Å². The molecule has 1 aromatic heterocycles. The number of hydrogen-bond donors (Lipinski definition) is 3. The van der Waals surface area contributed by atoms with E-state index in [1.54, 1.807) is 25.1 Å². The van der Waals surface area contributed by atoms with Crippen LogP contribution in [-0.4, -0.2) is 21.2 Å². The van der Waals surface area contributed by atoms with E-state index >= 15 is 0 Å². The summed E-state index contributed by atoms with van der Waals surface area (Å²) in [7, 11) is 0. The Hall–Kier alpha value is -3.31. The summed E-state index contributed by atoms with van der Waals surface area (Å²) < 4.78 is 0. The molecule has 6 heteroatoms. The number of rotatable bonds is 3. The molecule has 0 bridgehead atoms. The molecule has 1 amide bonds. The third-order valence-electron chi connectivity index (χ3n) is 4.41. The summed E-state index contributed by atoms with van der Waals surface area (Å²) in [5, 5.41) is 22.4. The molecule has 0 saturated carbocycles. The first-order chi connectivity index (χ1) is 13.0. The van der Waals surface area contributed by atoms with E-state index < -0.39 is 0 Å². The summed E-state index contributed by atoms with van der Waals surface area (Å²) in [6, 6.07) is 18.3. The molecule has 5 nitrogen and oxygen atoms in total. The quantitative estimate of drug-likeness (QED) is 0.462. The fraction of sp³-hybridized carbons (Fsp3) is 0.0476. The molecule has 0 atom stereocenters. The third-order valence-corrected chi connectivity index (χ3v) is 4.82. The van der Waals surface area contributed by atoms with Crippen LogP contribution in [0.2, 0.25) is 5.02 Å². The number of hydrogen-bond acceptors (Lipinski definition) is 3. The number of carbonyl (C=O) groups is 1. The van der Waals surface area contributed by atoms with Gasteiger partial charge in [0.15, 0.2) is 0 Å². The summed E-state index contributed by atoms with van der Waals surface area (Å²) in [6.07, 6.45) is 0. The lowest BCUT2D eigenvalue weighted by atomic mass is 10.1. The van der Waals surface area contributed by atoms with Gasteiger partial charge < -0.3 is 10.4 Å². The average molecular weight is 378 g/mol. The molecule has 0 unspecified atom stereocenters. The van der Waals surface area contributed by atoms with Crippen LogP contribution >= 0.6 is 11.6 Å². The summed E-state index contributed by atoms with van der Waals surface area (Å²) in [5.74, 6) is -0.257. The number of aryl methyl sites for hydroxylation is 1. The van der Waals surface area contributed by atoms with Crippen molar-refractivity contribution >= 4 is 34.0 Å². The number of phenols is 1. The highest BCUT2D eigenvalue weighted by Crippen LogP contribution is 2.33. The normalized spacial score (nSPS) is 10.9. The van der Waals surface area contributed by atoms with Crippen LogP contribution in [-0.2, 0) is 0 Å². The molecule has 4 aromatic rings. The summed E-state index contributed by atoms with van der Waals surface area (Å²) in [5.41, 5.74) is 2.68. The second kappa shape index (κ2) is 6.78. The zero-order chi connectivity index (χ0) is 19.0. The van der Waals surface area contributed by atoms with Crippen LogP contribution in [0.5, 0.6) is 5.75 Å². The summed E-state index contributed by atoms with van der Waals surface area (Å²) >= 11 is 6.14. The fourth-order valence-electron chi connectivity index (χ4n) is 2.97. The van der Waals surface area contributed by atoms with Crippen molar-refractivity contribution in [2.75, 3.05) is 5.32 Å². The number of carbonyl (C=O) groups excluding carboxylic acids is 1. The van der Waals surface area contributed by atoms with Crippen molar-refractivity contribution in [2.45, 2.75) is 6.92 Å². The number of nitrogens with one attached hydrogen (secondary N) is 2. The predicted molar refractivity (Wildman–Crippen MR) is 107 cm³/mol. The zero-order valence-electron chi connectivity index (χ0n) is 14.5. The van der Waals surface area contributed by atoms with Crippen LogP contribution in [0.4, 0.5) is 5.69 Å². The van der Waals surface area contributed by atoms with Gasteiger partial charge in [-0.3, -0.25) is 9.89 Å². The van der Waals surface area contributed by atoms with E-state index in [9.17, 15) is 9.90 Å². The van der Waals surface area contributed by atoms with Crippen LogP contribution in [0.25, 0.3) is 22.0 Å². The van der Waals surface area contributed by atoms with Gasteiger partial charge in [0.2, 0.25) is 0 Å².